The lowest BCUT2D eigenvalue weighted by molar-refractivity contribution is -0.127. The van der Waals surface area contributed by atoms with E-state index in [4.69, 9.17) is 25.8 Å². The molecule has 1 aliphatic rings. The van der Waals surface area contributed by atoms with Gasteiger partial charge < -0.3 is 19.5 Å². The molecule has 2 aromatic carbocycles. The predicted octanol–water partition coefficient (Wildman–Crippen LogP) is 6.16. The summed E-state index contributed by atoms with van der Waals surface area (Å²) in [5.41, 5.74) is 1.02. The molecule has 1 atom stereocenters. The van der Waals surface area contributed by atoms with Crippen LogP contribution in [0.15, 0.2) is 41.3 Å². The molecule has 1 saturated heterocycles. The zero-order valence-corrected chi connectivity index (χ0v) is 23.8. The van der Waals surface area contributed by atoms with E-state index in [1.807, 2.05) is 20.8 Å². The van der Waals surface area contributed by atoms with Crippen molar-refractivity contribution in [1.29, 1.82) is 0 Å². The number of esters is 1. The zero-order valence-electron chi connectivity index (χ0n) is 22.2. The van der Waals surface area contributed by atoms with E-state index >= 15 is 0 Å². The first kappa shape index (κ1) is 30.0. The number of methoxy groups -OCH3 is 1. The van der Waals surface area contributed by atoms with Crippen LogP contribution >= 0.6 is 23.4 Å². The number of hydrogen-bond donors (Lipinski definition) is 1. The van der Waals surface area contributed by atoms with Crippen LogP contribution in [0.3, 0.4) is 0 Å². The van der Waals surface area contributed by atoms with Crippen molar-refractivity contribution in [1.82, 2.24) is 4.90 Å². The third kappa shape index (κ3) is 8.00. The molecule has 1 aliphatic heterocycles. The Morgan fingerprint density at radius 3 is 2.59 bits per heavy atom. The third-order valence-electron chi connectivity index (χ3n) is 5.76. The Bertz CT molecular complexity index is 1280. The van der Waals surface area contributed by atoms with Gasteiger partial charge in [0.15, 0.2) is 11.5 Å². The fraction of sp³-hybridized carbons (Fsp3) is 0.357. The number of ether oxygens (including phenoxy) is 3. The molecule has 208 valence electrons. The average molecular weight is 575 g/mol. The highest BCUT2D eigenvalue weighted by atomic mass is 35.5. The molecule has 0 radical (unpaired) electrons. The Morgan fingerprint density at radius 2 is 1.90 bits per heavy atom. The maximum Gasteiger partial charge on any atom is 0.339 e. The van der Waals surface area contributed by atoms with Gasteiger partial charge in [0, 0.05) is 5.69 Å². The molecule has 3 amide bonds. The van der Waals surface area contributed by atoms with Gasteiger partial charge in [-0.25, -0.2) is 4.79 Å². The Hall–Kier alpha value is -3.50. The molecule has 39 heavy (non-hydrogen) atoms. The van der Waals surface area contributed by atoms with Crippen LogP contribution in [0.1, 0.15) is 56.0 Å². The molecule has 0 bridgehead atoms. The summed E-state index contributed by atoms with van der Waals surface area (Å²) in [6.45, 7) is 5.71. The number of thioether (sulfide) groups is 1. The largest absolute Gasteiger partial charge is 0.493 e. The quantitative estimate of drug-likeness (QED) is 0.182. The van der Waals surface area contributed by atoms with Crippen molar-refractivity contribution in [2.75, 3.05) is 25.6 Å². The van der Waals surface area contributed by atoms with Crippen molar-refractivity contribution < 1.29 is 33.4 Å². The van der Waals surface area contributed by atoms with Gasteiger partial charge in [0.2, 0.25) is 5.91 Å². The number of rotatable bonds is 12. The van der Waals surface area contributed by atoms with E-state index in [-0.39, 0.29) is 33.9 Å². The van der Waals surface area contributed by atoms with E-state index in [1.165, 1.54) is 25.3 Å². The van der Waals surface area contributed by atoms with Crippen molar-refractivity contribution in [3.05, 3.63) is 57.5 Å². The first-order chi connectivity index (χ1) is 18.7. The second kappa shape index (κ2) is 14.0. The highest BCUT2D eigenvalue weighted by Gasteiger charge is 2.36. The van der Waals surface area contributed by atoms with Gasteiger partial charge in [0.1, 0.15) is 6.54 Å². The van der Waals surface area contributed by atoms with Crippen molar-refractivity contribution in [3.8, 4) is 11.5 Å². The molecule has 3 rings (SSSR count). The fourth-order valence-electron chi connectivity index (χ4n) is 3.45. The molecule has 0 aliphatic carbocycles. The van der Waals surface area contributed by atoms with Crippen LogP contribution in [0.5, 0.6) is 11.5 Å². The number of carbonyl (C=O) groups excluding carboxylic acids is 4. The van der Waals surface area contributed by atoms with E-state index in [0.717, 1.165) is 35.9 Å². The monoisotopic (exact) mass is 574 g/mol. The Kier molecular flexibility index (Phi) is 10.8. The summed E-state index contributed by atoms with van der Waals surface area (Å²) < 4.78 is 16.5. The number of hydrogen-bond acceptors (Lipinski definition) is 8. The van der Waals surface area contributed by atoms with E-state index in [1.54, 1.807) is 24.3 Å². The fourth-order valence-corrected chi connectivity index (χ4v) is 4.48. The molecule has 1 heterocycles. The summed E-state index contributed by atoms with van der Waals surface area (Å²) in [6, 6.07) is 9.58. The zero-order chi connectivity index (χ0) is 28.5. The number of nitrogens with zero attached hydrogens (tertiary/aromatic N) is 1. The first-order valence-electron chi connectivity index (χ1n) is 12.5. The van der Waals surface area contributed by atoms with Crippen LogP contribution in [0.2, 0.25) is 5.02 Å². The van der Waals surface area contributed by atoms with Gasteiger partial charge in [-0.15, -0.1) is 0 Å². The normalized spacial score (nSPS) is 14.9. The Morgan fingerprint density at radius 1 is 1.13 bits per heavy atom. The third-order valence-corrected chi connectivity index (χ3v) is 7.00. The predicted molar refractivity (Wildman–Crippen MR) is 151 cm³/mol. The molecule has 0 aromatic heterocycles. The molecule has 9 nitrogen and oxygen atoms in total. The molecule has 0 spiro atoms. The Balaban J connectivity index is 1.67. The number of anilines is 1. The number of imide groups is 1. The summed E-state index contributed by atoms with van der Waals surface area (Å²) in [5, 5.41) is 2.21. The van der Waals surface area contributed by atoms with Crippen molar-refractivity contribution in [2.45, 2.75) is 46.1 Å². The van der Waals surface area contributed by atoms with E-state index < -0.39 is 29.6 Å². The van der Waals surface area contributed by atoms with Gasteiger partial charge in [-0.05, 0) is 73.5 Å². The van der Waals surface area contributed by atoms with Crippen LogP contribution in [-0.4, -0.2) is 54.3 Å². The number of halogens is 1. The SMILES string of the molecule is CCCCOC(=O)c1cc(NC(=O)CN2C(=O)S/C(=C\c3ccc(O[C@@H](C)CC)c(OC)c3)C2=O)ccc1Cl. The van der Waals surface area contributed by atoms with Gasteiger partial charge >= 0.3 is 5.97 Å². The molecular formula is C28H31ClN2O7S. The van der Waals surface area contributed by atoms with Crippen molar-refractivity contribution in [3.63, 3.8) is 0 Å². The number of nitrogens with one attached hydrogen (secondary N) is 1. The number of amides is 3. The maximum atomic E-state index is 12.9. The number of unbranched alkanes of at least 4 members (excludes halogenated alkanes) is 1. The minimum absolute atomic E-state index is 0.00599. The first-order valence-corrected chi connectivity index (χ1v) is 13.7. The van der Waals surface area contributed by atoms with Gasteiger partial charge in [-0.1, -0.05) is 37.9 Å². The summed E-state index contributed by atoms with van der Waals surface area (Å²) in [6.07, 6.45) is 3.99. The second-order valence-corrected chi connectivity index (χ2v) is 10.1. The van der Waals surface area contributed by atoms with E-state index in [0.29, 0.717) is 17.1 Å². The topological polar surface area (TPSA) is 111 Å². The van der Waals surface area contributed by atoms with E-state index in [2.05, 4.69) is 5.32 Å². The Labute approximate surface area is 236 Å². The lowest BCUT2D eigenvalue weighted by Gasteiger charge is -2.15. The summed E-state index contributed by atoms with van der Waals surface area (Å²) in [7, 11) is 1.52. The molecule has 1 fully saturated rings. The van der Waals surface area contributed by atoms with Gasteiger partial charge in [0.05, 0.1) is 35.3 Å². The van der Waals surface area contributed by atoms with Crippen LogP contribution in [0.4, 0.5) is 10.5 Å². The molecule has 11 heteroatoms. The van der Waals surface area contributed by atoms with Crippen LogP contribution in [0, 0.1) is 0 Å². The average Bonchev–Trinajstić information content (AvgIpc) is 3.17. The summed E-state index contributed by atoms with van der Waals surface area (Å²) >= 11 is 6.86. The second-order valence-electron chi connectivity index (χ2n) is 8.75. The van der Waals surface area contributed by atoms with E-state index in [9.17, 15) is 19.2 Å². The highest BCUT2D eigenvalue weighted by molar-refractivity contribution is 8.18. The van der Waals surface area contributed by atoms with Crippen molar-refractivity contribution >= 4 is 58.1 Å². The maximum absolute atomic E-state index is 12.9. The lowest BCUT2D eigenvalue weighted by atomic mass is 10.1. The van der Waals surface area contributed by atoms with Gasteiger partial charge in [0.25, 0.3) is 11.1 Å². The molecular weight excluding hydrogens is 544 g/mol. The van der Waals surface area contributed by atoms with Crippen LogP contribution < -0.4 is 14.8 Å². The lowest BCUT2D eigenvalue weighted by Crippen LogP contribution is -2.36. The standard InChI is InChI=1S/C28H31ClN2O7S/c1-5-7-12-37-27(34)20-15-19(9-10-21(20)29)30-25(32)16-31-26(33)24(39-28(31)35)14-18-8-11-22(23(13-18)36-4)38-17(3)6-2/h8-11,13-15,17H,5-7,12,16H2,1-4H3,(H,30,32)/b24-14-/t17-/m0/s1. The molecule has 0 unspecified atom stereocenters. The highest BCUT2D eigenvalue weighted by Crippen LogP contribution is 2.35. The van der Waals surface area contributed by atoms with Crippen molar-refractivity contribution in [2.24, 2.45) is 0 Å². The summed E-state index contributed by atoms with van der Waals surface area (Å²) in [5.74, 6) is -0.723. The van der Waals surface area contributed by atoms with Gasteiger partial charge in [-0.2, -0.15) is 0 Å². The molecule has 0 saturated carbocycles. The minimum Gasteiger partial charge on any atom is -0.493 e. The molecule has 1 N–H and O–H groups in total. The molecule has 2 aromatic rings. The summed E-state index contributed by atoms with van der Waals surface area (Å²) in [4.78, 5) is 51.5. The van der Waals surface area contributed by atoms with Crippen LogP contribution in [0.25, 0.3) is 6.08 Å². The number of benzene rings is 2. The smallest absolute Gasteiger partial charge is 0.339 e. The number of carbonyl (C=O) groups is 4. The minimum atomic E-state index is -0.612. The van der Waals surface area contributed by atoms with Gasteiger partial charge in [-0.3, -0.25) is 19.3 Å². The van der Waals surface area contributed by atoms with Crippen LogP contribution in [-0.2, 0) is 14.3 Å².